The molecule has 1 aliphatic carbocycles. The molecule has 1 unspecified atom stereocenters. The molecule has 1 aromatic carbocycles. The SMILES string of the molecule is CC(C)Oc1cccc2cc(C(C)NCC3(O)CCCCC3)oc12. The van der Waals surface area contributed by atoms with Gasteiger partial charge in [0.2, 0.25) is 0 Å². The molecule has 132 valence electrons. The van der Waals surface area contributed by atoms with Crippen LogP contribution in [0.2, 0.25) is 0 Å². The van der Waals surface area contributed by atoms with E-state index < -0.39 is 5.60 Å². The van der Waals surface area contributed by atoms with E-state index >= 15 is 0 Å². The number of nitrogens with one attached hydrogen (secondary N) is 1. The standard InChI is InChI=1S/C20H29NO3/c1-14(2)23-17-9-7-8-16-12-18(24-19(16)17)15(3)21-13-20(22)10-5-4-6-11-20/h7-9,12,14-15,21-22H,4-6,10-11,13H2,1-3H3. The molecule has 2 N–H and O–H groups in total. The Morgan fingerprint density at radius 1 is 1.21 bits per heavy atom. The first-order chi connectivity index (χ1) is 11.5. The summed E-state index contributed by atoms with van der Waals surface area (Å²) in [5.41, 5.74) is 0.232. The molecule has 0 radical (unpaired) electrons. The zero-order valence-corrected chi connectivity index (χ0v) is 15.0. The van der Waals surface area contributed by atoms with Gasteiger partial charge in [-0.2, -0.15) is 0 Å². The van der Waals surface area contributed by atoms with Crippen molar-refractivity contribution in [1.82, 2.24) is 5.32 Å². The molecule has 0 aliphatic heterocycles. The van der Waals surface area contributed by atoms with E-state index in [-0.39, 0.29) is 12.1 Å². The van der Waals surface area contributed by atoms with Gasteiger partial charge < -0.3 is 19.6 Å². The monoisotopic (exact) mass is 331 g/mol. The molecular formula is C20H29NO3. The van der Waals surface area contributed by atoms with Gasteiger partial charge in [-0.25, -0.2) is 0 Å². The van der Waals surface area contributed by atoms with Crippen molar-refractivity contribution >= 4 is 11.0 Å². The Morgan fingerprint density at radius 3 is 2.67 bits per heavy atom. The molecule has 3 rings (SSSR count). The summed E-state index contributed by atoms with van der Waals surface area (Å²) in [4.78, 5) is 0. The van der Waals surface area contributed by atoms with E-state index in [4.69, 9.17) is 9.15 Å². The molecule has 1 atom stereocenters. The zero-order valence-electron chi connectivity index (χ0n) is 15.0. The molecule has 0 saturated heterocycles. The quantitative estimate of drug-likeness (QED) is 0.814. The number of aliphatic hydroxyl groups is 1. The molecule has 1 fully saturated rings. The average molecular weight is 331 g/mol. The highest BCUT2D eigenvalue weighted by Gasteiger charge is 2.29. The molecule has 1 aromatic heterocycles. The number of rotatable bonds is 6. The highest BCUT2D eigenvalue weighted by atomic mass is 16.5. The Morgan fingerprint density at radius 2 is 1.96 bits per heavy atom. The minimum absolute atomic E-state index is 0.0512. The predicted molar refractivity (Wildman–Crippen MR) is 96.4 cm³/mol. The fourth-order valence-corrected chi connectivity index (χ4v) is 3.45. The van der Waals surface area contributed by atoms with Crippen molar-refractivity contribution in [2.45, 2.75) is 70.6 Å². The van der Waals surface area contributed by atoms with Gasteiger partial charge in [0.05, 0.1) is 17.7 Å². The second kappa shape index (κ2) is 7.16. The Bertz CT molecular complexity index is 671. The van der Waals surface area contributed by atoms with E-state index in [1.807, 2.05) is 32.0 Å². The molecule has 0 amide bonds. The molecule has 0 bridgehead atoms. The third kappa shape index (κ3) is 3.93. The topological polar surface area (TPSA) is 54.6 Å². The lowest BCUT2D eigenvalue weighted by molar-refractivity contribution is 0.00258. The molecule has 1 aliphatic rings. The van der Waals surface area contributed by atoms with Crippen LogP contribution in [0.15, 0.2) is 28.7 Å². The van der Waals surface area contributed by atoms with Crippen LogP contribution in [0.4, 0.5) is 0 Å². The Kier molecular flexibility index (Phi) is 5.16. The van der Waals surface area contributed by atoms with Crippen molar-refractivity contribution in [3.8, 4) is 5.75 Å². The molecule has 24 heavy (non-hydrogen) atoms. The summed E-state index contributed by atoms with van der Waals surface area (Å²) in [5.74, 6) is 1.66. The van der Waals surface area contributed by atoms with Crippen molar-refractivity contribution in [3.63, 3.8) is 0 Å². The summed E-state index contributed by atoms with van der Waals surface area (Å²) < 4.78 is 11.9. The zero-order chi connectivity index (χ0) is 17.2. The molecule has 4 heteroatoms. The highest BCUT2D eigenvalue weighted by molar-refractivity contribution is 5.83. The van der Waals surface area contributed by atoms with Crippen molar-refractivity contribution in [2.24, 2.45) is 0 Å². The maximum atomic E-state index is 10.6. The fourth-order valence-electron chi connectivity index (χ4n) is 3.45. The van der Waals surface area contributed by atoms with Gasteiger partial charge in [0, 0.05) is 11.9 Å². The lowest BCUT2D eigenvalue weighted by atomic mass is 9.85. The van der Waals surface area contributed by atoms with Crippen molar-refractivity contribution in [1.29, 1.82) is 0 Å². The third-order valence-electron chi connectivity index (χ3n) is 4.84. The van der Waals surface area contributed by atoms with Crippen molar-refractivity contribution in [3.05, 3.63) is 30.0 Å². The minimum atomic E-state index is -0.565. The number of furan rings is 1. The first kappa shape index (κ1) is 17.3. The minimum Gasteiger partial charge on any atom is -0.487 e. The maximum absolute atomic E-state index is 10.6. The first-order valence-corrected chi connectivity index (χ1v) is 9.12. The Labute approximate surface area is 144 Å². The Hall–Kier alpha value is -1.52. The summed E-state index contributed by atoms with van der Waals surface area (Å²) in [6.45, 7) is 6.71. The fraction of sp³-hybridized carbons (Fsp3) is 0.600. The van der Waals surface area contributed by atoms with Crippen LogP contribution in [-0.2, 0) is 0 Å². The van der Waals surface area contributed by atoms with Crippen LogP contribution in [-0.4, -0.2) is 23.4 Å². The predicted octanol–water partition coefficient (Wildman–Crippen LogP) is 4.57. The van der Waals surface area contributed by atoms with Gasteiger partial charge in [0.15, 0.2) is 11.3 Å². The second-order valence-electron chi connectivity index (χ2n) is 7.38. The average Bonchev–Trinajstić information content (AvgIpc) is 2.98. The van der Waals surface area contributed by atoms with E-state index in [0.717, 1.165) is 48.2 Å². The highest BCUT2D eigenvalue weighted by Crippen LogP contribution is 2.32. The van der Waals surface area contributed by atoms with Gasteiger partial charge in [-0.15, -0.1) is 0 Å². The third-order valence-corrected chi connectivity index (χ3v) is 4.84. The van der Waals surface area contributed by atoms with Crippen LogP contribution in [0.25, 0.3) is 11.0 Å². The lowest BCUT2D eigenvalue weighted by Gasteiger charge is -2.33. The number of para-hydroxylation sites is 1. The molecule has 4 nitrogen and oxygen atoms in total. The largest absolute Gasteiger partial charge is 0.487 e. The van der Waals surface area contributed by atoms with Crippen molar-refractivity contribution < 1.29 is 14.3 Å². The number of benzene rings is 1. The lowest BCUT2D eigenvalue weighted by Crippen LogP contribution is -2.42. The van der Waals surface area contributed by atoms with Gasteiger partial charge >= 0.3 is 0 Å². The summed E-state index contributed by atoms with van der Waals surface area (Å²) in [6.07, 6.45) is 5.36. The van der Waals surface area contributed by atoms with Gasteiger partial charge in [0.1, 0.15) is 5.76 Å². The van der Waals surface area contributed by atoms with Crippen LogP contribution in [0.3, 0.4) is 0 Å². The van der Waals surface area contributed by atoms with E-state index in [0.29, 0.717) is 6.54 Å². The van der Waals surface area contributed by atoms with Gasteiger partial charge in [-0.3, -0.25) is 0 Å². The summed E-state index contributed by atoms with van der Waals surface area (Å²) in [6, 6.07) is 8.08. The molecule has 2 aromatic rings. The smallest absolute Gasteiger partial charge is 0.176 e. The molecular weight excluding hydrogens is 302 g/mol. The van der Waals surface area contributed by atoms with E-state index in [2.05, 4.69) is 18.3 Å². The van der Waals surface area contributed by atoms with Gasteiger partial charge in [0.25, 0.3) is 0 Å². The summed E-state index contributed by atoms with van der Waals surface area (Å²) in [7, 11) is 0. The number of fused-ring (bicyclic) bond motifs is 1. The van der Waals surface area contributed by atoms with Gasteiger partial charge in [-0.1, -0.05) is 31.4 Å². The first-order valence-electron chi connectivity index (χ1n) is 9.12. The summed E-state index contributed by atoms with van der Waals surface area (Å²) >= 11 is 0. The number of hydrogen-bond donors (Lipinski definition) is 2. The summed E-state index contributed by atoms with van der Waals surface area (Å²) in [5, 5.41) is 15.1. The number of hydrogen-bond acceptors (Lipinski definition) is 4. The van der Waals surface area contributed by atoms with E-state index in [1.54, 1.807) is 0 Å². The normalized spacial score (nSPS) is 18.9. The Balaban J connectivity index is 1.71. The molecule has 1 heterocycles. The van der Waals surface area contributed by atoms with Crippen LogP contribution in [0, 0.1) is 0 Å². The van der Waals surface area contributed by atoms with E-state index in [9.17, 15) is 5.11 Å². The van der Waals surface area contributed by atoms with Crippen LogP contribution >= 0.6 is 0 Å². The van der Waals surface area contributed by atoms with Gasteiger partial charge in [-0.05, 0) is 45.7 Å². The van der Waals surface area contributed by atoms with Crippen LogP contribution < -0.4 is 10.1 Å². The maximum Gasteiger partial charge on any atom is 0.176 e. The van der Waals surface area contributed by atoms with Crippen molar-refractivity contribution in [2.75, 3.05) is 6.54 Å². The molecule has 1 saturated carbocycles. The van der Waals surface area contributed by atoms with E-state index in [1.165, 1.54) is 6.42 Å². The molecule has 0 spiro atoms. The second-order valence-corrected chi connectivity index (χ2v) is 7.38. The van der Waals surface area contributed by atoms with Crippen LogP contribution in [0.1, 0.15) is 64.7 Å². The number of ether oxygens (including phenoxy) is 1. The van der Waals surface area contributed by atoms with Crippen LogP contribution in [0.5, 0.6) is 5.75 Å².